The molecule has 0 bridgehead atoms. The van der Waals surface area contributed by atoms with E-state index in [4.69, 9.17) is 0 Å². The van der Waals surface area contributed by atoms with Crippen molar-refractivity contribution in [2.75, 3.05) is 0 Å². The number of thiophene rings is 8. The van der Waals surface area contributed by atoms with E-state index in [0.29, 0.717) is 16.8 Å². The predicted octanol–water partition coefficient (Wildman–Crippen LogP) is 21.9. The van der Waals surface area contributed by atoms with E-state index >= 15 is 0 Å². The van der Waals surface area contributed by atoms with Crippen LogP contribution in [0.1, 0.15) is 169 Å². The molecular weight excluding hydrogens is 1060 g/mol. The number of hydrogen-bond donors (Lipinski definition) is 1. The lowest BCUT2D eigenvalue weighted by Crippen LogP contribution is -2.16. The fraction of sp³-hybridized carbons (Fsp3) is 0.397. The van der Waals surface area contributed by atoms with Crippen LogP contribution in [0.25, 0.3) is 69.8 Å². The summed E-state index contributed by atoms with van der Waals surface area (Å²) in [5.74, 6) is -0.0935. The summed E-state index contributed by atoms with van der Waals surface area (Å²) in [5.41, 5.74) is 8.41. The molecule has 9 heterocycles. The number of aryl methyl sites for hydroxylation is 4. The monoisotopic (exact) mass is 1130 g/mol. The van der Waals surface area contributed by atoms with E-state index in [1.165, 1.54) is 171 Å². The maximum Gasteiger partial charge on any atom is 0.256 e. The van der Waals surface area contributed by atoms with Crippen molar-refractivity contribution >= 4 is 114 Å². The molecule has 8 aromatic heterocycles. The van der Waals surface area contributed by atoms with Gasteiger partial charge in [-0.25, -0.2) is 0 Å². The summed E-state index contributed by atoms with van der Waals surface area (Å²) in [6.07, 6.45) is 24.3. The van der Waals surface area contributed by atoms with Crippen LogP contribution in [0.2, 0.25) is 0 Å². The number of rotatable bonds is 28. The molecule has 3 nitrogen and oxygen atoms in total. The van der Waals surface area contributed by atoms with Gasteiger partial charge in [0.1, 0.15) is 0 Å². The minimum Gasteiger partial charge on any atom is -0.320 e. The highest BCUT2D eigenvalue weighted by Gasteiger charge is 2.42. The van der Waals surface area contributed by atoms with Gasteiger partial charge in [0, 0.05) is 69.8 Å². The van der Waals surface area contributed by atoms with Crippen molar-refractivity contribution < 1.29 is 9.59 Å². The molecule has 8 aromatic rings. The van der Waals surface area contributed by atoms with Crippen molar-refractivity contribution in [1.29, 1.82) is 0 Å². The van der Waals surface area contributed by atoms with E-state index in [2.05, 4.69) is 117 Å². The smallest absolute Gasteiger partial charge is 0.256 e. The van der Waals surface area contributed by atoms with Gasteiger partial charge >= 0.3 is 0 Å². The second-order valence-corrected chi connectivity index (χ2v) is 28.3. The van der Waals surface area contributed by atoms with E-state index in [1.54, 1.807) is 22.7 Å². The number of ketones is 1. The van der Waals surface area contributed by atoms with Gasteiger partial charge in [-0.15, -0.1) is 90.7 Å². The summed E-state index contributed by atoms with van der Waals surface area (Å²) in [4.78, 5) is 46.6. The van der Waals surface area contributed by atoms with Crippen LogP contribution in [0.15, 0.2) is 94.7 Å². The molecule has 74 heavy (non-hydrogen) atoms. The third kappa shape index (κ3) is 12.0. The highest BCUT2D eigenvalue weighted by Crippen LogP contribution is 2.51. The van der Waals surface area contributed by atoms with Crippen LogP contribution in [-0.2, 0) is 35.3 Å². The molecule has 2 aliphatic rings. The number of unbranched alkanes of at least 4 members (excludes halogenated alkanes) is 12. The van der Waals surface area contributed by atoms with Crippen molar-refractivity contribution in [2.45, 2.75) is 163 Å². The van der Waals surface area contributed by atoms with Crippen molar-refractivity contribution in [3.63, 3.8) is 0 Å². The molecule has 0 aromatic carbocycles. The molecule has 0 saturated heterocycles. The van der Waals surface area contributed by atoms with Crippen molar-refractivity contribution in [3.8, 4) is 58.5 Å². The standard InChI is InChI=1S/C63H69NO2S8/c1-5-9-13-17-21-40-33-35-67-59(40)50-29-25-46(69-50)48-27-31-52(71-48)61-42(23-19-15-11-7-3)37-54(73-61)44-39-45(65)57-56(44)63(66)64-58(57)55-38-43(24-20-16-12-8-4)62(74-55)53-32-28-49(72-53)47-26-30-51(70-47)60-41(34-36-68-60)22-18-14-10-6-2/h25-38H,5-24,39H2,1-4H3,(H,64,66). The first-order valence-corrected chi connectivity index (χ1v) is 34.1. The highest BCUT2D eigenvalue weighted by atomic mass is 32.1. The second kappa shape index (κ2) is 25.6. The maximum atomic E-state index is 14.4. The molecule has 1 aliphatic carbocycles. The SMILES string of the molecule is CCCCCCc1ccsc1-c1ccc(-c2ccc(-c3sc(C4=C5C(=O)NC(c6cc(CCCCCC)c(-c7ccc(-c8ccc(-c9sccc9CCCCCC)s8)s7)s6)=C5C(=O)C4)cc3CCCCCC)s2)s1. The number of allylic oxidation sites excluding steroid dienone is 1. The van der Waals surface area contributed by atoms with Crippen LogP contribution >= 0.6 is 90.7 Å². The topological polar surface area (TPSA) is 46.2 Å². The summed E-state index contributed by atoms with van der Waals surface area (Å²) in [6, 6.07) is 27.7. The predicted molar refractivity (Wildman–Crippen MR) is 332 cm³/mol. The van der Waals surface area contributed by atoms with Crippen LogP contribution in [0.5, 0.6) is 0 Å². The minimum atomic E-state index is -0.140. The summed E-state index contributed by atoms with van der Waals surface area (Å²) in [5, 5.41) is 7.80. The van der Waals surface area contributed by atoms with Crippen molar-refractivity contribution in [3.05, 3.63) is 127 Å². The molecule has 10 rings (SSSR count). The zero-order valence-electron chi connectivity index (χ0n) is 43.5. The van der Waals surface area contributed by atoms with E-state index in [1.807, 2.05) is 68.0 Å². The first-order valence-electron chi connectivity index (χ1n) is 27.5. The average Bonchev–Trinajstić information content (AvgIpc) is 4.25. The Labute approximate surface area is 472 Å². The van der Waals surface area contributed by atoms with Gasteiger partial charge in [0.15, 0.2) is 5.78 Å². The molecule has 11 heteroatoms. The molecule has 1 aliphatic heterocycles. The zero-order valence-corrected chi connectivity index (χ0v) is 50.0. The van der Waals surface area contributed by atoms with Crippen molar-refractivity contribution in [2.24, 2.45) is 0 Å². The first-order chi connectivity index (χ1) is 36.3. The highest BCUT2D eigenvalue weighted by molar-refractivity contribution is 7.29. The Hall–Kier alpha value is -3.78. The summed E-state index contributed by atoms with van der Waals surface area (Å²) >= 11 is 14.8. The van der Waals surface area contributed by atoms with Gasteiger partial charge in [-0.05, 0) is 163 Å². The van der Waals surface area contributed by atoms with Gasteiger partial charge < -0.3 is 5.32 Å². The van der Waals surface area contributed by atoms with E-state index < -0.39 is 0 Å². The Balaban J connectivity index is 0.933. The lowest BCUT2D eigenvalue weighted by atomic mass is 10.0. The summed E-state index contributed by atoms with van der Waals surface area (Å²) < 4.78 is 0. The Kier molecular flexibility index (Phi) is 18.5. The number of nitrogens with one attached hydrogen (secondary N) is 1. The minimum absolute atomic E-state index is 0.0470. The van der Waals surface area contributed by atoms with Crippen LogP contribution in [0.4, 0.5) is 0 Å². The Morgan fingerprint density at radius 1 is 0.378 bits per heavy atom. The molecule has 0 radical (unpaired) electrons. The van der Waals surface area contributed by atoms with E-state index in [9.17, 15) is 9.59 Å². The molecule has 0 spiro atoms. The van der Waals surface area contributed by atoms with Crippen LogP contribution in [0, 0.1) is 0 Å². The first kappa shape index (κ1) is 53.6. The summed E-state index contributed by atoms with van der Waals surface area (Å²) in [6.45, 7) is 9.09. The quantitative estimate of drug-likeness (QED) is 0.0497. The molecule has 0 unspecified atom stereocenters. The average molecular weight is 1130 g/mol. The van der Waals surface area contributed by atoms with Crippen molar-refractivity contribution in [1.82, 2.24) is 5.32 Å². The number of carbonyl (C=O) groups excluding carboxylic acids is 2. The van der Waals surface area contributed by atoms with Gasteiger partial charge in [0.2, 0.25) is 0 Å². The number of carbonyl (C=O) groups is 2. The molecule has 1 N–H and O–H groups in total. The van der Waals surface area contributed by atoms with Gasteiger partial charge in [0.25, 0.3) is 5.91 Å². The number of Topliss-reactive ketones (excluding diaryl/α,β-unsaturated/α-hetero) is 1. The van der Waals surface area contributed by atoms with Gasteiger partial charge in [0.05, 0.1) is 21.7 Å². The fourth-order valence-electron chi connectivity index (χ4n) is 10.5. The van der Waals surface area contributed by atoms with E-state index in [-0.39, 0.29) is 18.1 Å². The maximum absolute atomic E-state index is 14.4. The van der Waals surface area contributed by atoms with Gasteiger partial charge in [-0.1, -0.05) is 105 Å². The number of fused-ring (bicyclic) bond motifs is 1. The van der Waals surface area contributed by atoms with Crippen LogP contribution in [-0.4, -0.2) is 11.7 Å². The molecule has 386 valence electrons. The zero-order chi connectivity index (χ0) is 51.0. The van der Waals surface area contributed by atoms with Gasteiger partial charge in [-0.3, -0.25) is 9.59 Å². The van der Waals surface area contributed by atoms with E-state index in [0.717, 1.165) is 53.9 Å². The fourth-order valence-corrected chi connectivity index (χ4v) is 19.7. The van der Waals surface area contributed by atoms with Crippen LogP contribution < -0.4 is 5.32 Å². The molecule has 0 fully saturated rings. The molecule has 0 atom stereocenters. The van der Waals surface area contributed by atoms with Gasteiger partial charge in [-0.2, -0.15) is 0 Å². The van der Waals surface area contributed by atoms with Crippen LogP contribution in [0.3, 0.4) is 0 Å². The molecule has 0 saturated carbocycles. The number of amides is 1. The lowest BCUT2D eigenvalue weighted by molar-refractivity contribution is -0.116. The lowest BCUT2D eigenvalue weighted by Gasteiger charge is -2.02. The second-order valence-electron chi connectivity index (χ2n) is 20.0. The number of hydrogen-bond acceptors (Lipinski definition) is 10. The third-order valence-corrected chi connectivity index (χ3v) is 24.3. The summed E-state index contributed by atoms with van der Waals surface area (Å²) in [7, 11) is 0. The third-order valence-electron chi connectivity index (χ3n) is 14.5. The largest absolute Gasteiger partial charge is 0.320 e. The Bertz CT molecular complexity index is 3030. The Morgan fingerprint density at radius 3 is 1.19 bits per heavy atom. The normalized spacial score (nSPS) is 13.7. The molecule has 1 amide bonds. The molecular formula is C63H69NO2S8. The Morgan fingerprint density at radius 2 is 0.757 bits per heavy atom.